The van der Waals surface area contributed by atoms with Gasteiger partial charge in [-0.1, -0.05) is 31.1 Å². The normalized spacial score (nSPS) is 11.3. The molecule has 0 unspecified atom stereocenters. The van der Waals surface area contributed by atoms with Crippen LogP contribution in [-0.2, 0) is 25.9 Å². The van der Waals surface area contributed by atoms with Crippen LogP contribution in [0.1, 0.15) is 50.3 Å². The van der Waals surface area contributed by atoms with Gasteiger partial charge in [0.05, 0.1) is 11.8 Å². The van der Waals surface area contributed by atoms with Crippen LogP contribution < -0.4 is 15.4 Å². The number of nitrogens with zero attached hydrogens (tertiary/aromatic N) is 2. The number of benzene rings is 1. The second kappa shape index (κ2) is 11.8. The molecule has 0 aliphatic heterocycles. The zero-order chi connectivity index (χ0) is 18.9. The molecule has 2 N–H and O–H groups in total. The van der Waals surface area contributed by atoms with Crippen molar-refractivity contribution in [3.05, 3.63) is 46.8 Å². The van der Waals surface area contributed by atoms with E-state index in [1.54, 1.807) is 7.05 Å². The van der Waals surface area contributed by atoms with E-state index in [1.807, 2.05) is 26.0 Å². The highest BCUT2D eigenvalue weighted by Crippen LogP contribution is 2.16. The summed E-state index contributed by atoms with van der Waals surface area (Å²) in [6.07, 6.45) is 1.87. The number of rotatable bonds is 8. The van der Waals surface area contributed by atoms with Gasteiger partial charge in [0.15, 0.2) is 5.96 Å². The number of hydrogen-bond acceptors (Lipinski definition) is 4. The van der Waals surface area contributed by atoms with Gasteiger partial charge in [-0.05, 0) is 38.0 Å². The Morgan fingerprint density at radius 3 is 2.33 bits per heavy atom. The van der Waals surface area contributed by atoms with Gasteiger partial charge in [-0.25, -0.2) is 0 Å². The lowest BCUT2D eigenvalue weighted by Gasteiger charge is -2.13. The van der Waals surface area contributed by atoms with Crippen molar-refractivity contribution in [3.63, 3.8) is 0 Å². The highest BCUT2D eigenvalue weighted by Gasteiger charge is 2.13. The fraction of sp³-hybridized carbons (Fsp3) is 0.500. The van der Waals surface area contributed by atoms with Crippen molar-refractivity contribution in [1.82, 2.24) is 15.8 Å². The summed E-state index contributed by atoms with van der Waals surface area (Å²) in [5.41, 5.74) is 3.30. The van der Waals surface area contributed by atoms with Crippen molar-refractivity contribution < 1.29 is 9.26 Å². The molecular formula is C20H31IN4O2. The van der Waals surface area contributed by atoms with Crippen LogP contribution in [0.5, 0.6) is 5.75 Å². The van der Waals surface area contributed by atoms with Crippen LogP contribution in [0.2, 0.25) is 0 Å². The predicted molar refractivity (Wildman–Crippen MR) is 120 cm³/mol. The average Bonchev–Trinajstić information content (AvgIpc) is 3.04. The lowest BCUT2D eigenvalue weighted by molar-refractivity contribution is 0.242. The maximum atomic E-state index is 5.67. The van der Waals surface area contributed by atoms with E-state index in [1.165, 1.54) is 0 Å². The Bertz CT molecular complexity index is 690. The molecule has 2 rings (SSSR count). The van der Waals surface area contributed by atoms with E-state index in [9.17, 15) is 0 Å². The van der Waals surface area contributed by atoms with Crippen LogP contribution in [0.4, 0.5) is 0 Å². The van der Waals surface area contributed by atoms with Crippen LogP contribution in [0.15, 0.2) is 33.8 Å². The smallest absolute Gasteiger partial charge is 0.191 e. The molecule has 0 atom stereocenters. The Hall–Kier alpha value is -1.77. The lowest BCUT2D eigenvalue weighted by Crippen LogP contribution is -2.36. The first kappa shape index (κ1) is 23.3. The summed E-state index contributed by atoms with van der Waals surface area (Å²) in [5.74, 6) is 2.57. The molecule has 1 heterocycles. The van der Waals surface area contributed by atoms with E-state index >= 15 is 0 Å². The second-order valence-corrected chi connectivity index (χ2v) is 6.33. The van der Waals surface area contributed by atoms with Crippen molar-refractivity contribution in [2.45, 2.75) is 59.7 Å². The zero-order valence-electron chi connectivity index (χ0n) is 16.8. The maximum absolute atomic E-state index is 5.67. The summed E-state index contributed by atoms with van der Waals surface area (Å²) in [6.45, 7) is 9.54. The SMILES string of the molecule is CCc1noc(CC)c1CNC(=NC)NCc1ccc(OC(C)C)cc1.I. The lowest BCUT2D eigenvalue weighted by atomic mass is 10.1. The van der Waals surface area contributed by atoms with Crippen molar-refractivity contribution >= 4 is 29.9 Å². The molecule has 2 aromatic rings. The molecule has 0 amide bonds. The minimum absolute atomic E-state index is 0. The number of nitrogens with one attached hydrogen (secondary N) is 2. The molecule has 1 aromatic carbocycles. The predicted octanol–water partition coefficient (Wildman–Crippen LogP) is 4.07. The Morgan fingerprint density at radius 1 is 1.11 bits per heavy atom. The van der Waals surface area contributed by atoms with Crippen LogP contribution in [0.3, 0.4) is 0 Å². The average molecular weight is 486 g/mol. The Morgan fingerprint density at radius 2 is 1.78 bits per heavy atom. The van der Waals surface area contributed by atoms with Gasteiger partial charge in [0.2, 0.25) is 0 Å². The number of hydrogen-bond donors (Lipinski definition) is 2. The van der Waals surface area contributed by atoms with Gasteiger partial charge in [0, 0.05) is 32.1 Å². The molecule has 27 heavy (non-hydrogen) atoms. The molecular weight excluding hydrogens is 455 g/mol. The van der Waals surface area contributed by atoms with Gasteiger partial charge >= 0.3 is 0 Å². The largest absolute Gasteiger partial charge is 0.491 e. The number of halogens is 1. The molecule has 0 fully saturated rings. The number of aromatic nitrogens is 1. The molecule has 6 nitrogen and oxygen atoms in total. The van der Waals surface area contributed by atoms with E-state index in [-0.39, 0.29) is 30.1 Å². The third kappa shape index (κ3) is 7.04. The Balaban J connectivity index is 0.00000364. The number of ether oxygens (including phenoxy) is 1. The van der Waals surface area contributed by atoms with Gasteiger partial charge in [0.25, 0.3) is 0 Å². The molecule has 7 heteroatoms. The van der Waals surface area contributed by atoms with E-state index in [2.05, 4.69) is 46.8 Å². The van der Waals surface area contributed by atoms with Crippen molar-refractivity contribution in [3.8, 4) is 5.75 Å². The third-order valence-corrected chi connectivity index (χ3v) is 4.02. The quantitative estimate of drug-likeness (QED) is 0.335. The molecule has 0 bridgehead atoms. The second-order valence-electron chi connectivity index (χ2n) is 6.33. The molecule has 1 aromatic heterocycles. The maximum Gasteiger partial charge on any atom is 0.191 e. The third-order valence-electron chi connectivity index (χ3n) is 4.02. The molecule has 0 saturated carbocycles. The molecule has 150 valence electrons. The summed E-state index contributed by atoms with van der Waals surface area (Å²) in [5, 5.41) is 10.8. The first-order valence-corrected chi connectivity index (χ1v) is 9.23. The number of aliphatic imine (C=N–C) groups is 1. The van der Waals surface area contributed by atoms with E-state index in [4.69, 9.17) is 9.26 Å². The van der Waals surface area contributed by atoms with Gasteiger partial charge in [0.1, 0.15) is 11.5 Å². The highest BCUT2D eigenvalue weighted by molar-refractivity contribution is 14.0. The fourth-order valence-corrected chi connectivity index (χ4v) is 2.67. The van der Waals surface area contributed by atoms with Crippen LogP contribution in [0, 0.1) is 0 Å². The van der Waals surface area contributed by atoms with Crippen molar-refractivity contribution in [1.29, 1.82) is 0 Å². The van der Waals surface area contributed by atoms with Gasteiger partial charge in [-0.3, -0.25) is 4.99 Å². The molecule has 0 aliphatic carbocycles. The van der Waals surface area contributed by atoms with Gasteiger partial charge in [-0.2, -0.15) is 0 Å². The Kier molecular flexibility index (Phi) is 10.2. The highest BCUT2D eigenvalue weighted by atomic mass is 127. The molecule has 0 spiro atoms. The van der Waals surface area contributed by atoms with Gasteiger partial charge in [-0.15, -0.1) is 24.0 Å². The number of aryl methyl sites for hydroxylation is 2. The van der Waals surface area contributed by atoms with Crippen LogP contribution in [-0.4, -0.2) is 24.3 Å². The molecule has 0 radical (unpaired) electrons. The van der Waals surface area contributed by atoms with Gasteiger partial charge < -0.3 is 19.9 Å². The van der Waals surface area contributed by atoms with Crippen molar-refractivity contribution in [2.24, 2.45) is 4.99 Å². The minimum Gasteiger partial charge on any atom is -0.491 e. The van der Waals surface area contributed by atoms with E-state index in [0.717, 1.165) is 47.1 Å². The molecule has 0 aliphatic rings. The van der Waals surface area contributed by atoms with E-state index in [0.29, 0.717) is 13.1 Å². The standard InChI is InChI=1S/C20H30N4O2.HI/c1-6-18-17(19(7-2)26-24-18)13-23-20(21-5)22-12-15-8-10-16(11-9-15)25-14(3)4;/h8-11,14H,6-7,12-13H2,1-5H3,(H2,21,22,23);1H. The fourth-order valence-electron chi connectivity index (χ4n) is 2.67. The van der Waals surface area contributed by atoms with E-state index < -0.39 is 0 Å². The first-order valence-electron chi connectivity index (χ1n) is 9.23. The minimum atomic E-state index is 0. The summed E-state index contributed by atoms with van der Waals surface area (Å²) in [4.78, 5) is 4.29. The monoisotopic (exact) mass is 486 g/mol. The summed E-state index contributed by atoms with van der Waals surface area (Å²) >= 11 is 0. The first-order chi connectivity index (χ1) is 12.6. The zero-order valence-corrected chi connectivity index (χ0v) is 19.2. The summed E-state index contributed by atoms with van der Waals surface area (Å²) in [7, 11) is 1.77. The summed E-state index contributed by atoms with van der Waals surface area (Å²) < 4.78 is 11.1. The Labute approximate surface area is 179 Å². The number of guanidine groups is 1. The van der Waals surface area contributed by atoms with Crippen LogP contribution >= 0.6 is 24.0 Å². The van der Waals surface area contributed by atoms with Crippen molar-refractivity contribution in [2.75, 3.05) is 7.05 Å². The molecule has 0 saturated heterocycles. The van der Waals surface area contributed by atoms with Crippen LogP contribution in [0.25, 0.3) is 0 Å². The summed E-state index contributed by atoms with van der Waals surface area (Å²) in [6, 6.07) is 8.10. The topological polar surface area (TPSA) is 71.7 Å².